The Balaban J connectivity index is 2.60. The van der Waals surface area contributed by atoms with E-state index in [9.17, 15) is 4.79 Å². The summed E-state index contributed by atoms with van der Waals surface area (Å²) < 4.78 is 0. The van der Waals surface area contributed by atoms with Gasteiger partial charge in [0.1, 0.15) is 0 Å². The summed E-state index contributed by atoms with van der Waals surface area (Å²) in [4.78, 5) is 14.5. The van der Waals surface area contributed by atoms with Crippen LogP contribution < -0.4 is 5.73 Å². The molecule has 1 aliphatic rings. The Bertz CT molecular complexity index is 242. The summed E-state index contributed by atoms with van der Waals surface area (Å²) in [5.41, 5.74) is 5.80. The average Bonchev–Trinajstić information content (AvgIpc) is 2.71. The summed E-state index contributed by atoms with van der Waals surface area (Å²) >= 11 is 0. The van der Waals surface area contributed by atoms with Gasteiger partial charge >= 0.3 is 0 Å². The lowest BCUT2D eigenvalue weighted by atomic mass is 9.96. The standard InChI is InChI=1S/C14H28N2O/c1-4-6-7-12(5-2)14(17)16-9-8-11(3)13(16)10-15/h11-13H,4-10,15H2,1-3H3. The fraction of sp³-hybridized carbons (Fsp3) is 0.929. The summed E-state index contributed by atoms with van der Waals surface area (Å²) in [5.74, 6) is 1.13. The molecular weight excluding hydrogens is 212 g/mol. The molecule has 3 atom stereocenters. The van der Waals surface area contributed by atoms with Gasteiger partial charge < -0.3 is 10.6 Å². The summed E-state index contributed by atoms with van der Waals surface area (Å²) in [7, 11) is 0. The zero-order valence-corrected chi connectivity index (χ0v) is 11.6. The summed E-state index contributed by atoms with van der Waals surface area (Å²) in [6.07, 6.45) is 5.42. The first kappa shape index (κ1) is 14.5. The van der Waals surface area contributed by atoms with Crippen molar-refractivity contribution >= 4 is 5.91 Å². The number of rotatable bonds is 6. The van der Waals surface area contributed by atoms with Crippen molar-refractivity contribution in [1.82, 2.24) is 4.90 Å². The van der Waals surface area contributed by atoms with E-state index >= 15 is 0 Å². The molecule has 1 saturated heterocycles. The highest BCUT2D eigenvalue weighted by atomic mass is 16.2. The molecule has 3 unspecified atom stereocenters. The SMILES string of the molecule is CCCCC(CC)C(=O)N1CCC(C)C1CN. The Hall–Kier alpha value is -0.570. The van der Waals surface area contributed by atoms with Crippen molar-refractivity contribution in [3.63, 3.8) is 0 Å². The monoisotopic (exact) mass is 240 g/mol. The molecule has 17 heavy (non-hydrogen) atoms. The third-order valence-corrected chi connectivity index (χ3v) is 4.16. The molecule has 3 heteroatoms. The van der Waals surface area contributed by atoms with Gasteiger partial charge in [0.05, 0.1) is 0 Å². The molecule has 0 aromatic carbocycles. The van der Waals surface area contributed by atoms with Crippen LogP contribution in [0.15, 0.2) is 0 Å². The van der Waals surface area contributed by atoms with Gasteiger partial charge in [0.2, 0.25) is 5.91 Å². The number of unbranched alkanes of at least 4 members (excludes halogenated alkanes) is 1. The lowest BCUT2D eigenvalue weighted by Gasteiger charge is -2.29. The highest BCUT2D eigenvalue weighted by Gasteiger charge is 2.35. The average molecular weight is 240 g/mol. The second-order valence-corrected chi connectivity index (χ2v) is 5.35. The Morgan fingerprint density at radius 2 is 2.18 bits per heavy atom. The van der Waals surface area contributed by atoms with Gasteiger partial charge in [-0.05, 0) is 25.2 Å². The summed E-state index contributed by atoms with van der Waals surface area (Å²) in [5, 5.41) is 0. The van der Waals surface area contributed by atoms with Crippen LogP contribution in [0.2, 0.25) is 0 Å². The van der Waals surface area contributed by atoms with Gasteiger partial charge in [-0.2, -0.15) is 0 Å². The highest BCUT2D eigenvalue weighted by molar-refractivity contribution is 5.79. The van der Waals surface area contributed by atoms with Gasteiger partial charge in [0.25, 0.3) is 0 Å². The van der Waals surface area contributed by atoms with Crippen molar-refractivity contribution < 1.29 is 4.79 Å². The van der Waals surface area contributed by atoms with E-state index in [1.807, 2.05) is 0 Å². The molecule has 0 aliphatic carbocycles. The Morgan fingerprint density at radius 3 is 2.71 bits per heavy atom. The quantitative estimate of drug-likeness (QED) is 0.775. The van der Waals surface area contributed by atoms with Crippen molar-refractivity contribution in [2.45, 2.75) is 58.9 Å². The molecule has 0 aromatic rings. The Kier molecular flexibility index (Phi) is 5.96. The molecule has 0 saturated carbocycles. The molecule has 1 fully saturated rings. The number of carbonyl (C=O) groups is 1. The predicted molar refractivity (Wildman–Crippen MR) is 71.6 cm³/mol. The summed E-state index contributed by atoms with van der Waals surface area (Å²) in [6, 6.07) is 0.276. The van der Waals surface area contributed by atoms with Gasteiger partial charge in [-0.25, -0.2) is 0 Å². The van der Waals surface area contributed by atoms with E-state index in [0.29, 0.717) is 18.4 Å². The zero-order valence-electron chi connectivity index (χ0n) is 11.6. The van der Waals surface area contributed by atoms with Crippen LogP contribution in [0.4, 0.5) is 0 Å². The maximum atomic E-state index is 12.5. The smallest absolute Gasteiger partial charge is 0.225 e. The molecule has 1 heterocycles. The van der Waals surface area contributed by atoms with E-state index in [4.69, 9.17) is 5.73 Å². The van der Waals surface area contributed by atoms with Gasteiger partial charge in [-0.3, -0.25) is 4.79 Å². The largest absolute Gasteiger partial charge is 0.338 e. The van der Waals surface area contributed by atoms with Gasteiger partial charge in [0.15, 0.2) is 0 Å². The Labute approximate surface area is 106 Å². The molecule has 2 N–H and O–H groups in total. The summed E-state index contributed by atoms with van der Waals surface area (Å²) in [6.45, 7) is 8.02. The molecule has 0 bridgehead atoms. The minimum absolute atomic E-state index is 0.217. The van der Waals surface area contributed by atoms with Crippen molar-refractivity contribution in [1.29, 1.82) is 0 Å². The Morgan fingerprint density at radius 1 is 1.47 bits per heavy atom. The topological polar surface area (TPSA) is 46.3 Å². The van der Waals surface area contributed by atoms with Crippen molar-refractivity contribution in [2.75, 3.05) is 13.1 Å². The fourth-order valence-corrected chi connectivity index (χ4v) is 2.83. The van der Waals surface area contributed by atoms with Crippen LogP contribution in [0.25, 0.3) is 0 Å². The van der Waals surface area contributed by atoms with Crippen molar-refractivity contribution in [2.24, 2.45) is 17.6 Å². The number of nitrogens with two attached hydrogens (primary N) is 1. The number of nitrogens with zero attached hydrogens (tertiary/aromatic N) is 1. The lowest BCUT2D eigenvalue weighted by Crippen LogP contribution is -2.44. The fourth-order valence-electron chi connectivity index (χ4n) is 2.83. The number of likely N-dealkylation sites (tertiary alicyclic amines) is 1. The van der Waals surface area contributed by atoms with Crippen LogP contribution in [0.5, 0.6) is 0 Å². The maximum absolute atomic E-state index is 12.5. The molecule has 3 nitrogen and oxygen atoms in total. The first-order valence-electron chi connectivity index (χ1n) is 7.16. The number of hydrogen-bond acceptors (Lipinski definition) is 2. The van der Waals surface area contributed by atoms with Crippen molar-refractivity contribution in [3.05, 3.63) is 0 Å². The van der Waals surface area contributed by atoms with Crippen LogP contribution in [-0.2, 0) is 4.79 Å². The predicted octanol–water partition coefficient (Wildman–Crippen LogP) is 2.40. The first-order chi connectivity index (χ1) is 8.15. The zero-order chi connectivity index (χ0) is 12.8. The number of hydrogen-bond donors (Lipinski definition) is 1. The third-order valence-electron chi connectivity index (χ3n) is 4.16. The van der Waals surface area contributed by atoms with E-state index < -0.39 is 0 Å². The number of carbonyl (C=O) groups excluding carboxylic acids is 1. The molecule has 1 rings (SSSR count). The van der Waals surface area contributed by atoms with Gasteiger partial charge in [-0.1, -0.05) is 33.6 Å². The van der Waals surface area contributed by atoms with Gasteiger partial charge in [0, 0.05) is 25.0 Å². The minimum Gasteiger partial charge on any atom is -0.338 e. The van der Waals surface area contributed by atoms with E-state index in [2.05, 4.69) is 25.7 Å². The van der Waals surface area contributed by atoms with E-state index in [1.54, 1.807) is 0 Å². The molecule has 100 valence electrons. The molecule has 1 amide bonds. The lowest BCUT2D eigenvalue weighted by molar-refractivity contribution is -0.136. The van der Waals surface area contributed by atoms with E-state index in [0.717, 1.165) is 32.2 Å². The van der Waals surface area contributed by atoms with E-state index in [-0.39, 0.29) is 12.0 Å². The van der Waals surface area contributed by atoms with Crippen LogP contribution in [0, 0.1) is 11.8 Å². The normalized spacial score (nSPS) is 26.2. The second kappa shape index (κ2) is 7.00. The maximum Gasteiger partial charge on any atom is 0.225 e. The van der Waals surface area contributed by atoms with Crippen LogP contribution in [-0.4, -0.2) is 29.9 Å². The first-order valence-corrected chi connectivity index (χ1v) is 7.16. The van der Waals surface area contributed by atoms with E-state index in [1.165, 1.54) is 6.42 Å². The van der Waals surface area contributed by atoms with Crippen LogP contribution in [0.1, 0.15) is 52.9 Å². The molecular formula is C14H28N2O. The van der Waals surface area contributed by atoms with Crippen LogP contribution in [0.3, 0.4) is 0 Å². The highest BCUT2D eigenvalue weighted by Crippen LogP contribution is 2.27. The van der Waals surface area contributed by atoms with Gasteiger partial charge in [-0.15, -0.1) is 0 Å². The van der Waals surface area contributed by atoms with Crippen LogP contribution >= 0.6 is 0 Å². The molecule has 0 aromatic heterocycles. The molecule has 1 aliphatic heterocycles. The second-order valence-electron chi connectivity index (χ2n) is 5.35. The molecule has 0 radical (unpaired) electrons. The number of amides is 1. The third kappa shape index (κ3) is 3.44. The van der Waals surface area contributed by atoms with Crippen molar-refractivity contribution in [3.8, 4) is 0 Å². The molecule has 0 spiro atoms. The minimum atomic E-state index is 0.217.